The number of anilines is 1. The fourth-order valence-electron chi connectivity index (χ4n) is 1.08. The van der Waals surface area contributed by atoms with Crippen LogP contribution in [-0.4, -0.2) is 21.6 Å². The van der Waals surface area contributed by atoms with Crippen LogP contribution in [0.3, 0.4) is 0 Å². The third kappa shape index (κ3) is 2.84. The summed E-state index contributed by atoms with van der Waals surface area (Å²) < 4.78 is 3.89. The van der Waals surface area contributed by atoms with E-state index in [4.69, 9.17) is 11.6 Å². The van der Waals surface area contributed by atoms with Crippen molar-refractivity contribution in [1.29, 1.82) is 0 Å². The molecule has 0 bridgehead atoms. The van der Waals surface area contributed by atoms with E-state index in [1.165, 1.54) is 11.5 Å². The Hall–Kier alpha value is -0.850. The van der Waals surface area contributed by atoms with Gasteiger partial charge >= 0.3 is 0 Å². The second-order valence-corrected chi connectivity index (χ2v) is 5.09. The molecule has 1 N–H and O–H groups in total. The number of rotatable bonds is 4. The van der Waals surface area contributed by atoms with Gasteiger partial charge < -0.3 is 5.32 Å². The lowest BCUT2D eigenvalue weighted by atomic mass is 10.5. The van der Waals surface area contributed by atoms with Crippen molar-refractivity contribution in [2.45, 2.75) is 10.8 Å². The predicted molar refractivity (Wildman–Crippen MR) is 68.3 cm³/mol. The van der Waals surface area contributed by atoms with Crippen LogP contribution in [0.5, 0.6) is 0 Å². The van der Waals surface area contributed by atoms with Crippen LogP contribution in [0.2, 0.25) is 5.02 Å². The summed E-state index contributed by atoms with van der Waals surface area (Å²) in [6.45, 7) is 0. The highest BCUT2D eigenvalue weighted by Gasteiger charge is 2.06. The third-order valence-corrected chi connectivity index (χ3v) is 3.80. The van der Waals surface area contributed by atoms with Gasteiger partial charge in [-0.15, -0.1) is 5.10 Å². The molecule has 0 saturated heterocycles. The average Bonchev–Trinajstić information content (AvgIpc) is 2.76. The molecule has 0 aliphatic rings. The minimum absolute atomic E-state index is 0.649. The highest BCUT2D eigenvalue weighted by atomic mass is 35.5. The summed E-state index contributed by atoms with van der Waals surface area (Å²) in [5.74, 6) is 0.751. The first-order valence-corrected chi connectivity index (χ1v) is 6.66. The van der Waals surface area contributed by atoms with E-state index >= 15 is 0 Å². The lowest BCUT2D eigenvalue weighted by Crippen LogP contribution is -1.91. The number of hydrogen-bond donors (Lipinski definition) is 1. The van der Waals surface area contributed by atoms with Crippen molar-refractivity contribution in [3.05, 3.63) is 29.0 Å². The number of hydrogen-bond acceptors (Lipinski definition) is 6. The summed E-state index contributed by atoms with van der Waals surface area (Å²) in [4.78, 5) is 4.20. The average molecular weight is 273 g/mol. The molecular formula is C9H9ClN4S2. The Morgan fingerprint density at radius 3 is 3.06 bits per heavy atom. The minimum Gasteiger partial charge on any atom is -0.377 e. The summed E-state index contributed by atoms with van der Waals surface area (Å²) in [7, 11) is 1.86. The fraction of sp³-hybridized carbons (Fsp3) is 0.222. The zero-order valence-corrected chi connectivity index (χ0v) is 10.9. The zero-order valence-electron chi connectivity index (χ0n) is 8.48. The molecule has 7 heteroatoms. The van der Waals surface area contributed by atoms with Crippen LogP contribution in [0.25, 0.3) is 0 Å². The number of nitrogens with one attached hydrogen (secondary N) is 1. The van der Waals surface area contributed by atoms with Crippen LogP contribution in [-0.2, 0) is 5.75 Å². The molecule has 0 aromatic carbocycles. The van der Waals surface area contributed by atoms with Crippen molar-refractivity contribution in [1.82, 2.24) is 14.6 Å². The van der Waals surface area contributed by atoms with Crippen molar-refractivity contribution in [2.24, 2.45) is 0 Å². The van der Waals surface area contributed by atoms with E-state index in [9.17, 15) is 0 Å². The quantitative estimate of drug-likeness (QED) is 0.868. The van der Waals surface area contributed by atoms with Crippen LogP contribution >= 0.6 is 34.9 Å². The van der Waals surface area contributed by atoms with Crippen LogP contribution in [0.1, 0.15) is 5.69 Å². The fourth-order valence-corrected chi connectivity index (χ4v) is 2.59. The molecule has 16 heavy (non-hydrogen) atoms. The Morgan fingerprint density at radius 1 is 1.50 bits per heavy atom. The van der Waals surface area contributed by atoms with E-state index in [1.807, 2.05) is 19.2 Å². The van der Waals surface area contributed by atoms with Gasteiger partial charge in [0.2, 0.25) is 0 Å². The zero-order chi connectivity index (χ0) is 11.4. The normalized spacial score (nSPS) is 10.4. The Kier molecular flexibility index (Phi) is 3.98. The van der Waals surface area contributed by atoms with E-state index in [0.717, 1.165) is 21.5 Å². The maximum atomic E-state index is 5.76. The van der Waals surface area contributed by atoms with E-state index in [2.05, 4.69) is 19.9 Å². The van der Waals surface area contributed by atoms with Gasteiger partial charge in [-0.2, -0.15) is 0 Å². The summed E-state index contributed by atoms with van der Waals surface area (Å²) >= 11 is 8.73. The van der Waals surface area contributed by atoms with E-state index in [1.54, 1.807) is 18.0 Å². The molecule has 0 saturated carbocycles. The van der Waals surface area contributed by atoms with Crippen molar-refractivity contribution in [3.63, 3.8) is 0 Å². The van der Waals surface area contributed by atoms with Gasteiger partial charge in [0.1, 0.15) is 10.7 Å². The molecule has 4 nitrogen and oxygen atoms in total. The van der Waals surface area contributed by atoms with Gasteiger partial charge in [0.15, 0.2) is 0 Å². The van der Waals surface area contributed by atoms with Gasteiger partial charge in [0.05, 0.1) is 10.0 Å². The van der Waals surface area contributed by atoms with E-state index < -0.39 is 0 Å². The molecule has 84 valence electrons. The second kappa shape index (κ2) is 5.47. The molecule has 0 spiro atoms. The first-order valence-electron chi connectivity index (χ1n) is 4.53. The molecule has 0 aliphatic carbocycles. The third-order valence-electron chi connectivity index (χ3n) is 1.84. The predicted octanol–water partition coefficient (Wildman–Crippen LogP) is 2.92. The maximum absolute atomic E-state index is 5.76. The molecule has 2 heterocycles. The van der Waals surface area contributed by atoms with Gasteiger partial charge in [-0.3, -0.25) is 0 Å². The van der Waals surface area contributed by atoms with Crippen molar-refractivity contribution in [2.75, 3.05) is 12.4 Å². The monoisotopic (exact) mass is 272 g/mol. The number of thioether (sulfide) groups is 1. The van der Waals surface area contributed by atoms with Crippen LogP contribution in [0.4, 0.5) is 5.00 Å². The Labute approximate surface area is 107 Å². The lowest BCUT2D eigenvalue weighted by molar-refractivity contribution is 1.07. The molecule has 0 aliphatic heterocycles. The number of pyridine rings is 1. The van der Waals surface area contributed by atoms with Gasteiger partial charge in [-0.05, 0) is 12.1 Å². The van der Waals surface area contributed by atoms with E-state index in [0.29, 0.717) is 5.02 Å². The number of nitrogens with zero attached hydrogens (tertiary/aromatic N) is 3. The summed E-state index contributed by atoms with van der Waals surface area (Å²) in [5.41, 5.74) is 0.953. The maximum Gasteiger partial charge on any atom is 0.133 e. The SMILES string of the molecule is CNc1snnc1CSc1ccc(Cl)cn1. The minimum atomic E-state index is 0.649. The Bertz CT molecular complexity index is 457. The molecule has 0 unspecified atom stereocenters. The highest BCUT2D eigenvalue weighted by molar-refractivity contribution is 7.98. The molecule has 2 rings (SSSR count). The standard InChI is InChI=1S/C9H9ClN4S2/c1-11-9-7(13-14-16-9)5-15-8-3-2-6(10)4-12-8/h2-4,11H,5H2,1H3. The van der Waals surface area contributed by atoms with E-state index in [-0.39, 0.29) is 0 Å². The molecular weight excluding hydrogens is 264 g/mol. The smallest absolute Gasteiger partial charge is 0.133 e. The van der Waals surface area contributed by atoms with Gasteiger partial charge in [0.25, 0.3) is 0 Å². The summed E-state index contributed by atoms with van der Waals surface area (Å²) in [6, 6.07) is 3.72. The first kappa shape index (κ1) is 11.6. The van der Waals surface area contributed by atoms with Crippen LogP contribution in [0.15, 0.2) is 23.4 Å². The molecule has 0 radical (unpaired) electrons. The Balaban J connectivity index is 1.99. The number of halogens is 1. The van der Waals surface area contributed by atoms with Crippen LogP contribution in [0, 0.1) is 0 Å². The Morgan fingerprint density at radius 2 is 2.38 bits per heavy atom. The van der Waals surface area contributed by atoms with Gasteiger partial charge in [-0.25, -0.2) is 4.98 Å². The first-order chi connectivity index (χ1) is 7.79. The van der Waals surface area contributed by atoms with Gasteiger partial charge in [0, 0.05) is 30.5 Å². The largest absolute Gasteiger partial charge is 0.377 e. The van der Waals surface area contributed by atoms with Crippen molar-refractivity contribution >= 4 is 39.9 Å². The summed E-state index contributed by atoms with van der Waals surface area (Å²) in [6.07, 6.45) is 1.64. The van der Waals surface area contributed by atoms with Crippen LogP contribution < -0.4 is 5.32 Å². The second-order valence-electron chi connectivity index (χ2n) is 2.90. The lowest BCUT2D eigenvalue weighted by Gasteiger charge is -2.00. The highest BCUT2D eigenvalue weighted by Crippen LogP contribution is 2.26. The molecule has 2 aromatic heterocycles. The molecule has 0 amide bonds. The molecule has 2 aromatic rings. The van der Waals surface area contributed by atoms with Crippen molar-refractivity contribution < 1.29 is 0 Å². The summed E-state index contributed by atoms with van der Waals surface area (Å²) in [5, 5.41) is 9.69. The van der Waals surface area contributed by atoms with Gasteiger partial charge in [-0.1, -0.05) is 27.9 Å². The molecule has 0 atom stereocenters. The van der Waals surface area contributed by atoms with Crippen molar-refractivity contribution in [3.8, 4) is 0 Å². The number of aromatic nitrogens is 3. The molecule has 0 fully saturated rings. The topological polar surface area (TPSA) is 50.7 Å².